The van der Waals surface area contributed by atoms with Gasteiger partial charge in [0.2, 0.25) is 0 Å². The smallest absolute Gasteiger partial charge is 0.478 e. The average Bonchev–Trinajstić information content (AvgIpc) is 0.792. The molecule has 0 aromatic heterocycles. The summed E-state index contributed by atoms with van der Waals surface area (Å²) in [6.07, 6.45) is 10.8. The van der Waals surface area contributed by atoms with Gasteiger partial charge in [-0.3, -0.25) is 33.7 Å². The first kappa shape index (κ1) is 145. The number of amides is 4. The molecule has 148 heavy (non-hydrogen) atoms. The molecular weight excluding hydrogens is 2040 g/mol. The minimum absolute atomic E-state index is 0.0379. The number of primary amides is 1. The first-order valence-electron chi connectivity index (χ1n) is 52.3. The van der Waals surface area contributed by atoms with Gasteiger partial charge in [0.25, 0.3) is 11.8 Å². The van der Waals surface area contributed by atoms with Crippen molar-refractivity contribution in [1.82, 2.24) is 20.9 Å². The number of unbranched alkanes of at least 4 members (excludes halogenated alkanes) is 3. The van der Waals surface area contributed by atoms with Crippen molar-refractivity contribution in [2.24, 2.45) is 5.73 Å². The summed E-state index contributed by atoms with van der Waals surface area (Å²) < 4.78 is 104. The molecule has 3 rings (SSSR count). The lowest BCUT2D eigenvalue weighted by atomic mass is 9.95. The van der Waals surface area contributed by atoms with E-state index >= 15 is 0 Å². The van der Waals surface area contributed by atoms with Crippen LogP contribution in [0.4, 0.5) is 4.79 Å². The van der Waals surface area contributed by atoms with Crippen LogP contribution in [-0.2, 0) is 94.1 Å². The highest BCUT2D eigenvalue weighted by Crippen LogP contribution is 2.28. The van der Waals surface area contributed by atoms with Gasteiger partial charge in [0.15, 0.2) is 23.1 Å². The minimum Gasteiger partial charge on any atom is -0.478 e. The number of benzene rings is 3. The first-order valence-corrected chi connectivity index (χ1v) is 67.6. The number of ketones is 4. The fraction of sp³-hybridized carbons (Fsp3) is 0.673. The van der Waals surface area contributed by atoms with Gasteiger partial charge in [0, 0.05) is 218 Å². The van der Waals surface area contributed by atoms with Crippen molar-refractivity contribution in [3.05, 3.63) is 129 Å². The van der Waals surface area contributed by atoms with Crippen molar-refractivity contribution in [1.29, 1.82) is 0 Å². The quantitative estimate of drug-likeness (QED) is 0.0109. The number of nitrogens with zero attached hydrogens (tertiary/aromatic N) is 1. The van der Waals surface area contributed by atoms with Crippen LogP contribution in [0.1, 0.15) is 293 Å². The highest BCUT2D eigenvalue weighted by atomic mass is 28.4. The molecule has 40 nitrogen and oxygen atoms in total. The van der Waals surface area contributed by atoms with Gasteiger partial charge < -0.3 is 132 Å². The van der Waals surface area contributed by atoms with Crippen LogP contribution in [-0.4, -0.2) is 333 Å². The van der Waals surface area contributed by atoms with Crippen LogP contribution >= 0.6 is 0 Å². The van der Waals surface area contributed by atoms with Crippen molar-refractivity contribution >= 4 is 126 Å². The van der Waals surface area contributed by atoms with E-state index in [1.165, 1.54) is 18.2 Å². The third-order valence-corrected chi connectivity index (χ3v) is 43.2. The van der Waals surface area contributed by atoms with E-state index in [2.05, 4.69) is 29.1 Å². The third-order valence-electron chi connectivity index (χ3n) is 21.4. The number of aliphatic hydroxyl groups excluding tert-OH is 2. The molecule has 0 saturated heterocycles. The van der Waals surface area contributed by atoms with Gasteiger partial charge in [0.05, 0.1) is 41.0 Å². The van der Waals surface area contributed by atoms with Crippen LogP contribution in [0.5, 0.6) is 0 Å². The fourth-order valence-electron chi connectivity index (χ4n) is 15.3. The predicted molar refractivity (Wildman–Crippen MR) is 583 cm³/mol. The maximum atomic E-state index is 13.6. The number of urea groups is 1. The first-order chi connectivity index (χ1) is 70.4. The number of carboxylic acids is 4. The Balaban J connectivity index is -0.00000184. The Hall–Kier alpha value is -7.41. The fourth-order valence-corrected chi connectivity index (χ4v) is 33.1. The number of allylic oxidation sites excluding steroid dienone is 2. The van der Waals surface area contributed by atoms with Crippen LogP contribution in [0.3, 0.4) is 0 Å². The van der Waals surface area contributed by atoms with Crippen LogP contribution < -0.4 is 21.7 Å². The zero-order valence-electron chi connectivity index (χ0n) is 92.7. The number of aliphatic carboxylic acids is 1. The van der Waals surface area contributed by atoms with Crippen LogP contribution in [0.15, 0.2) is 85.0 Å². The van der Waals surface area contributed by atoms with E-state index in [0.29, 0.717) is 201 Å². The summed E-state index contributed by atoms with van der Waals surface area (Å²) >= 11 is 0. The standard InChI is InChI=1S/C35H52N2O13Si2.C17H26O5Si.C13H31NO5Si.C13H24O5Si.C13H26O3Si.C10H24N2O4Si/c1-7-45-51(46-8-2,47-9-3)21-13-19-36-32(39)29-23-25(15-17-27(29)34(41)42)31(38)26-16-18-28(35(43)44)30(24-26)33(40)37-20-14-22-52(48-10-4,49-11-5)50-12-6;1-4-21-23(3,22-5-2)13-9-8-12-16(18)14-10-6-7-11-15(14)17(19)20;1-4-17-20(18-5-2,19-6-3)13-7-8-14(9-11-15)10-12-16;1-4-17-19(3,18-5-2)11-7-6-8-12(14)9-10-13(15)16;1-6-15-17(5,16-7-2)11-9-8-10-13(14)12(3)4;1-4-14-17(15-5-2,16-6-3)9-7-8-12-10(11)13/h15-18,23-24H,7-14,19-22H2,1-6H3,(H,36,39)(H,37,40)(H,41,42)(H,43,44);6-7,10-11H,4-5,8-9,12-13H2,1-3H3,(H,19,20);15-16H,4-13H2,1-3H3;9-10H,4-8,11H2,1-3H3,(H,15,16);3,6-11H2,1-2,4-5H3;4-9H2,1-3H3,(H3,11,12,13)/b;;;10-9-;;. The number of carbonyl (C=O) groups is 11. The molecule has 0 fully saturated rings. The molecule has 3 aromatic carbocycles. The largest absolute Gasteiger partial charge is 0.500 e. The molecule has 0 atom stereocenters. The Kier molecular flexibility index (Phi) is 84.1. The number of carbonyl (C=O) groups excluding carboxylic acids is 7. The molecule has 0 aliphatic heterocycles. The number of carboxylic acid groups (broad SMARTS) is 4. The summed E-state index contributed by atoms with van der Waals surface area (Å²) in [6, 6.07) is 17.9. The second-order valence-corrected chi connectivity index (χ2v) is 54.1. The molecule has 3 aromatic rings. The van der Waals surface area contributed by atoms with Crippen molar-refractivity contribution in [2.75, 3.05) is 171 Å². The average molecular weight is 2220 g/mol. The number of hydrogen-bond donors (Lipinski definition) is 10. The Morgan fingerprint density at radius 2 is 0.608 bits per heavy atom. The Morgan fingerprint density at radius 1 is 0.331 bits per heavy atom. The van der Waals surface area contributed by atoms with Crippen molar-refractivity contribution < 1.29 is 163 Å². The van der Waals surface area contributed by atoms with Gasteiger partial charge in [-0.15, -0.1) is 0 Å². The molecule has 0 bridgehead atoms. The van der Waals surface area contributed by atoms with Gasteiger partial charge >= 0.3 is 90.8 Å². The molecule has 0 heterocycles. The third kappa shape index (κ3) is 63.3. The lowest BCUT2D eigenvalue weighted by Crippen LogP contribution is -2.46. The number of hydrogen-bond acceptors (Lipinski definition) is 32. The number of rotatable bonds is 82. The summed E-state index contributed by atoms with van der Waals surface area (Å²) in [5.74, 6) is -7.09. The summed E-state index contributed by atoms with van der Waals surface area (Å²) in [5, 5.41) is 63.0. The normalized spacial score (nSPS) is 11.7. The van der Waals surface area contributed by atoms with Crippen molar-refractivity contribution in [3.63, 3.8) is 0 Å². The SMILES string of the molecule is C=C(C)C(=O)CCCC[Si](C)(OCC)OCC.CCO[Si](C)(CCCCC(=O)/C=C\C(=O)O)OCC.CCO[Si](C)(CCCCC(=O)c1ccccc1C(=O)O)OCC.CCO[Si](CCCN(CCO)CCO)(OCC)OCC.CCO[Si](CCCNC(=O)c1cc(C(=O)c2ccc(C(=O)O)c(C(=O)NCCC[Si](OCC)(OCC)OCC)c2)ccc1C(=O)O)(OCC)OCC.CCO[Si](CCCNC(N)=O)(OCC)OCC. The summed E-state index contributed by atoms with van der Waals surface area (Å²) in [5.41, 5.74) is 4.80. The molecule has 47 heteroatoms. The second kappa shape index (κ2) is 86.0. The van der Waals surface area contributed by atoms with E-state index in [4.69, 9.17) is 106 Å². The van der Waals surface area contributed by atoms with Gasteiger partial charge in [-0.1, -0.05) is 56.2 Å². The van der Waals surface area contributed by atoms with Gasteiger partial charge in [-0.2, -0.15) is 0 Å². The van der Waals surface area contributed by atoms with E-state index < -0.39 is 108 Å². The molecule has 0 unspecified atom stereocenters. The maximum Gasteiger partial charge on any atom is 0.500 e. The van der Waals surface area contributed by atoms with Crippen LogP contribution in [0, 0.1) is 0 Å². The van der Waals surface area contributed by atoms with Crippen molar-refractivity contribution in [3.8, 4) is 0 Å². The van der Waals surface area contributed by atoms with Gasteiger partial charge in [-0.05, 0) is 263 Å². The van der Waals surface area contributed by atoms with E-state index in [-0.39, 0.29) is 88.2 Å². The molecule has 0 radical (unpaired) electrons. The van der Waals surface area contributed by atoms with Crippen LogP contribution in [0.25, 0.3) is 0 Å². The summed E-state index contributed by atoms with van der Waals surface area (Å²) in [6.45, 7) is 58.8. The van der Waals surface area contributed by atoms with Gasteiger partial charge in [0.1, 0.15) is 0 Å². The highest BCUT2D eigenvalue weighted by Gasteiger charge is 2.44. The number of aromatic carboxylic acids is 3. The minimum atomic E-state index is -2.96. The molecular formula is C101H183N5O35Si7. The highest BCUT2D eigenvalue weighted by molar-refractivity contribution is 6.67. The zero-order chi connectivity index (χ0) is 112. The van der Waals surface area contributed by atoms with Crippen molar-refractivity contribution in [2.45, 2.75) is 277 Å². The molecule has 11 N–H and O–H groups in total. The molecule has 0 aliphatic carbocycles. The lowest BCUT2D eigenvalue weighted by Gasteiger charge is -2.29. The van der Waals surface area contributed by atoms with Crippen LogP contribution in [0.2, 0.25) is 61.9 Å². The van der Waals surface area contributed by atoms with Gasteiger partial charge in [-0.25, -0.2) is 24.0 Å². The summed E-state index contributed by atoms with van der Waals surface area (Å²) in [7, 11) is -17.2. The maximum absolute atomic E-state index is 13.6. The predicted octanol–water partition coefficient (Wildman–Crippen LogP) is 16.3. The zero-order valence-corrected chi connectivity index (χ0v) is 99.7. The Labute approximate surface area is 888 Å². The second-order valence-electron chi connectivity index (χ2n) is 33.1. The monoisotopic (exact) mass is 2220 g/mol. The lowest BCUT2D eigenvalue weighted by molar-refractivity contribution is -0.131. The van der Waals surface area contributed by atoms with E-state index in [1.54, 1.807) is 25.1 Å². The molecule has 0 saturated carbocycles. The molecule has 0 spiro atoms. The summed E-state index contributed by atoms with van der Waals surface area (Å²) in [4.78, 5) is 133. The topological polar surface area (TPSA) is 541 Å². The Bertz CT molecular complexity index is 4040. The Morgan fingerprint density at radius 3 is 0.885 bits per heavy atom. The number of nitrogens with one attached hydrogen (secondary N) is 3. The van der Waals surface area contributed by atoms with E-state index in [9.17, 15) is 63.0 Å². The molecule has 4 amide bonds. The molecule has 850 valence electrons. The number of Topliss-reactive ketones (excluding diaryl/α,β-unsaturated/α-hetero) is 2. The number of aliphatic hydroxyl groups is 2. The molecule has 0 aliphatic rings. The number of nitrogens with two attached hydrogens (primary N) is 1. The van der Waals surface area contributed by atoms with E-state index in [0.717, 1.165) is 112 Å². The van der Waals surface area contributed by atoms with E-state index in [1.807, 2.05) is 143 Å².